The molecule has 0 aromatic heterocycles. The number of nitrogens with one attached hydrogen (secondary N) is 3. The third-order valence-electron chi connectivity index (χ3n) is 12.9. The lowest BCUT2D eigenvalue weighted by molar-refractivity contribution is -0.00740. The van der Waals surface area contributed by atoms with Crippen LogP contribution in [-0.4, -0.2) is 84.8 Å². The number of fused-ring (bicyclic) bond motifs is 3. The standard InChI is InChI=1S/C33H59N5/c1-3-7-25(8-4-1)37(26-9-5-2-6-10-26)28-15-16-32-29(21-28)30-22-34-18-17-33(30)38(32)27-13-11-24(12-14-27)31-23-35-19-20-36-31/h24-36H,1-23H2. The zero-order valence-corrected chi connectivity index (χ0v) is 24.4. The van der Waals surface area contributed by atoms with E-state index in [0.717, 1.165) is 73.1 Å². The summed E-state index contributed by atoms with van der Waals surface area (Å²) in [7, 11) is 0. The van der Waals surface area contributed by atoms with Gasteiger partial charge < -0.3 is 16.0 Å². The van der Waals surface area contributed by atoms with Gasteiger partial charge in [0, 0.05) is 61.9 Å². The smallest absolute Gasteiger partial charge is 0.0221 e. The van der Waals surface area contributed by atoms with Gasteiger partial charge in [0.1, 0.15) is 0 Å². The van der Waals surface area contributed by atoms with Crippen LogP contribution < -0.4 is 16.0 Å². The Balaban J connectivity index is 1.06. The van der Waals surface area contributed by atoms with Crippen LogP contribution in [0.15, 0.2) is 0 Å². The van der Waals surface area contributed by atoms with Crippen molar-refractivity contribution in [2.75, 3.05) is 32.7 Å². The molecule has 6 atom stereocenters. The highest BCUT2D eigenvalue weighted by molar-refractivity contribution is 5.09. The molecular weight excluding hydrogens is 466 g/mol. The molecule has 7 rings (SSSR count). The Morgan fingerprint density at radius 3 is 1.89 bits per heavy atom. The summed E-state index contributed by atoms with van der Waals surface area (Å²) in [5, 5.41) is 11.4. The molecular formula is C33H59N5. The molecule has 4 aliphatic carbocycles. The van der Waals surface area contributed by atoms with Crippen molar-refractivity contribution in [1.82, 2.24) is 25.8 Å². The molecule has 6 unspecified atom stereocenters. The summed E-state index contributed by atoms with van der Waals surface area (Å²) >= 11 is 0. The maximum Gasteiger partial charge on any atom is 0.0221 e. The molecule has 5 heteroatoms. The van der Waals surface area contributed by atoms with Crippen LogP contribution in [0, 0.1) is 17.8 Å². The molecule has 3 saturated heterocycles. The van der Waals surface area contributed by atoms with Gasteiger partial charge in [-0.1, -0.05) is 38.5 Å². The minimum absolute atomic E-state index is 0.726. The molecule has 3 heterocycles. The minimum atomic E-state index is 0.726. The van der Waals surface area contributed by atoms with Gasteiger partial charge in [0.25, 0.3) is 0 Å². The second kappa shape index (κ2) is 12.3. The summed E-state index contributed by atoms with van der Waals surface area (Å²) in [5.41, 5.74) is 0. The summed E-state index contributed by atoms with van der Waals surface area (Å²) in [4.78, 5) is 6.43. The molecule has 7 aliphatic rings. The molecule has 3 aliphatic heterocycles. The van der Waals surface area contributed by atoms with Crippen molar-refractivity contribution in [3.05, 3.63) is 0 Å². The molecule has 216 valence electrons. The minimum Gasteiger partial charge on any atom is -0.316 e. The van der Waals surface area contributed by atoms with Crippen molar-refractivity contribution < 1.29 is 0 Å². The maximum atomic E-state index is 3.88. The zero-order valence-electron chi connectivity index (χ0n) is 24.4. The van der Waals surface area contributed by atoms with Gasteiger partial charge >= 0.3 is 0 Å². The third-order valence-corrected chi connectivity index (χ3v) is 12.9. The van der Waals surface area contributed by atoms with Crippen LogP contribution in [0.1, 0.15) is 116 Å². The van der Waals surface area contributed by atoms with Gasteiger partial charge in [-0.2, -0.15) is 0 Å². The van der Waals surface area contributed by atoms with E-state index in [2.05, 4.69) is 25.8 Å². The molecule has 0 aromatic rings. The van der Waals surface area contributed by atoms with E-state index in [-0.39, 0.29) is 0 Å². The van der Waals surface area contributed by atoms with Crippen LogP contribution in [0.25, 0.3) is 0 Å². The average Bonchev–Trinajstić information content (AvgIpc) is 3.33. The van der Waals surface area contributed by atoms with Gasteiger partial charge in [-0.05, 0) is 108 Å². The second-order valence-corrected chi connectivity index (χ2v) is 14.7. The largest absolute Gasteiger partial charge is 0.316 e. The molecule has 4 saturated carbocycles. The summed E-state index contributed by atoms with van der Waals surface area (Å²) < 4.78 is 0. The number of rotatable bonds is 5. The zero-order chi connectivity index (χ0) is 25.3. The van der Waals surface area contributed by atoms with Crippen molar-refractivity contribution in [3.8, 4) is 0 Å². The highest BCUT2D eigenvalue weighted by atomic mass is 15.3. The first-order chi connectivity index (χ1) is 18.9. The molecule has 5 nitrogen and oxygen atoms in total. The number of hydrogen-bond donors (Lipinski definition) is 3. The molecule has 0 spiro atoms. The van der Waals surface area contributed by atoms with Crippen LogP contribution >= 0.6 is 0 Å². The van der Waals surface area contributed by atoms with E-state index in [9.17, 15) is 0 Å². The van der Waals surface area contributed by atoms with Crippen molar-refractivity contribution in [1.29, 1.82) is 0 Å². The number of hydrogen-bond acceptors (Lipinski definition) is 5. The van der Waals surface area contributed by atoms with Crippen molar-refractivity contribution >= 4 is 0 Å². The second-order valence-electron chi connectivity index (χ2n) is 14.7. The number of nitrogens with zero attached hydrogens (tertiary/aromatic N) is 2. The van der Waals surface area contributed by atoms with Gasteiger partial charge in [0.05, 0.1) is 0 Å². The Labute approximate surface area is 234 Å². The van der Waals surface area contributed by atoms with E-state index in [1.54, 1.807) is 0 Å². The van der Waals surface area contributed by atoms with Crippen molar-refractivity contribution in [2.45, 2.75) is 158 Å². The Kier molecular flexibility index (Phi) is 8.67. The van der Waals surface area contributed by atoms with Crippen LogP contribution in [0.3, 0.4) is 0 Å². The molecule has 0 aromatic carbocycles. The molecule has 0 amide bonds. The van der Waals surface area contributed by atoms with Crippen molar-refractivity contribution in [3.63, 3.8) is 0 Å². The topological polar surface area (TPSA) is 42.6 Å². The van der Waals surface area contributed by atoms with Gasteiger partial charge in [0.15, 0.2) is 0 Å². The SMILES string of the molecule is C1CCC(N(C2CCCCC2)C2CCC3C(C2)C2CNCCC2N3C2CCC(C3CNCCN3)CC2)CC1. The van der Waals surface area contributed by atoms with E-state index >= 15 is 0 Å². The lowest BCUT2D eigenvalue weighted by Gasteiger charge is -2.50. The first-order valence-corrected chi connectivity index (χ1v) is 17.6. The fourth-order valence-electron chi connectivity index (χ4n) is 11.2. The Morgan fingerprint density at radius 1 is 0.526 bits per heavy atom. The summed E-state index contributed by atoms with van der Waals surface area (Å²) in [6, 6.07) is 6.05. The highest BCUT2D eigenvalue weighted by Gasteiger charge is 2.54. The summed E-state index contributed by atoms with van der Waals surface area (Å²) in [6.45, 7) is 6.07. The maximum absolute atomic E-state index is 3.88. The van der Waals surface area contributed by atoms with E-state index in [4.69, 9.17) is 0 Å². The highest BCUT2D eigenvalue weighted by Crippen LogP contribution is 2.50. The van der Waals surface area contributed by atoms with Gasteiger partial charge in [-0.25, -0.2) is 0 Å². The molecule has 0 radical (unpaired) electrons. The normalized spacial score (nSPS) is 44.1. The Bertz CT molecular complexity index is 716. The first-order valence-electron chi connectivity index (χ1n) is 17.6. The number of likely N-dealkylation sites (tertiary alicyclic amines) is 1. The molecule has 7 fully saturated rings. The van der Waals surface area contributed by atoms with E-state index < -0.39 is 0 Å². The quantitative estimate of drug-likeness (QED) is 0.476. The predicted molar refractivity (Wildman–Crippen MR) is 158 cm³/mol. The number of piperidine rings is 1. The molecule has 38 heavy (non-hydrogen) atoms. The Hall–Kier alpha value is -0.200. The number of piperazine rings is 1. The van der Waals surface area contributed by atoms with Gasteiger partial charge in [-0.3, -0.25) is 9.80 Å². The first kappa shape index (κ1) is 26.7. The van der Waals surface area contributed by atoms with Crippen LogP contribution in [-0.2, 0) is 0 Å². The monoisotopic (exact) mass is 525 g/mol. The van der Waals surface area contributed by atoms with Crippen LogP contribution in [0.5, 0.6) is 0 Å². The van der Waals surface area contributed by atoms with Gasteiger partial charge in [0.2, 0.25) is 0 Å². The lowest BCUT2D eigenvalue weighted by atomic mass is 9.73. The summed E-state index contributed by atoms with van der Waals surface area (Å²) in [5.74, 6) is 2.76. The molecule has 3 N–H and O–H groups in total. The van der Waals surface area contributed by atoms with Crippen LogP contribution in [0.4, 0.5) is 0 Å². The Morgan fingerprint density at radius 2 is 1.21 bits per heavy atom. The van der Waals surface area contributed by atoms with E-state index in [0.29, 0.717) is 0 Å². The van der Waals surface area contributed by atoms with Crippen LogP contribution in [0.2, 0.25) is 0 Å². The fraction of sp³-hybridized carbons (Fsp3) is 1.00. The summed E-state index contributed by atoms with van der Waals surface area (Å²) in [6.07, 6.45) is 26.7. The van der Waals surface area contributed by atoms with E-state index in [1.165, 1.54) is 135 Å². The van der Waals surface area contributed by atoms with E-state index in [1.807, 2.05) is 0 Å². The average molecular weight is 526 g/mol. The molecule has 0 bridgehead atoms. The lowest BCUT2D eigenvalue weighted by Crippen LogP contribution is -2.55. The van der Waals surface area contributed by atoms with Crippen molar-refractivity contribution in [2.24, 2.45) is 17.8 Å². The fourth-order valence-corrected chi connectivity index (χ4v) is 11.2. The van der Waals surface area contributed by atoms with Gasteiger partial charge in [-0.15, -0.1) is 0 Å². The predicted octanol–water partition coefficient (Wildman–Crippen LogP) is 4.91. The third kappa shape index (κ3) is 5.38.